The molecule has 1 aromatic rings. The Morgan fingerprint density at radius 3 is 2.88 bits per heavy atom. The number of nitrogens with zero attached hydrogens (tertiary/aromatic N) is 4. The number of aryl methyl sites for hydroxylation is 1. The fourth-order valence-electron chi connectivity index (χ4n) is 4.06. The summed E-state index contributed by atoms with van der Waals surface area (Å²) in [5.74, 6) is 0.963. The lowest BCUT2D eigenvalue weighted by Gasteiger charge is -2.36. The summed E-state index contributed by atoms with van der Waals surface area (Å²) in [6.45, 7) is 6.98. The zero-order chi connectivity index (χ0) is 17.1. The molecule has 4 rings (SSSR count). The summed E-state index contributed by atoms with van der Waals surface area (Å²) < 4.78 is 0. The number of fused-ring (bicyclic) bond motifs is 4. The Kier molecular flexibility index (Phi) is 5.56. The molecule has 3 fully saturated rings. The molecule has 3 saturated heterocycles. The van der Waals surface area contributed by atoms with Gasteiger partial charge in [0.25, 0.3) is 0 Å². The van der Waals surface area contributed by atoms with Crippen molar-refractivity contribution in [1.29, 1.82) is 0 Å². The number of hydrogen-bond donors (Lipinski definition) is 1. The zero-order valence-electron chi connectivity index (χ0n) is 15.3. The molecule has 2 atom stereocenters. The van der Waals surface area contributed by atoms with E-state index in [1.54, 1.807) is 6.33 Å². The Balaban J connectivity index is 1.58. The molecule has 3 aliphatic rings. The van der Waals surface area contributed by atoms with Gasteiger partial charge < -0.3 is 14.8 Å². The molecule has 1 N–H and O–H groups in total. The highest BCUT2D eigenvalue weighted by atomic mass is 16.2. The first-order valence-electron chi connectivity index (χ1n) is 9.18. The predicted octanol–water partition coefficient (Wildman–Crippen LogP) is 1.48. The lowest BCUT2D eigenvalue weighted by atomic mass is 9.94. The van der Waals surface area contributed by atoms with Crippen LogP contribution in [0.3, 0.4) is 0 Å². The van der Waals surface area contributed by atoms with Crippen LogP contribution < -0.4 is 0 Å². The molecule has 1 aromatic heterocycles. The van der Waals surface area contributed by atoms with Gasteiger partial charge in [0.05, 0.1) is 12.0 Å². The second-order valence-electron chi connectivity index (χ2n) is 7.72. The van der Waals surface area contributed by atoms with Gasteiger partial charge in [-0.25, -0.2) is 4.98 Å². The Morgan fingerprint density at radius 2 is 2.17 bits per heavy atom. The largest absolute Gasteiger partial charge is 0.348 e. The van der Waals surface area contributed by atoms with Crippen molar-refractivity contribution >= 4 is 5.91 Å². The number of nitrogens with one attached hydrogen (secondary N) is 1. The van der Waals surface area contributed by atoms with Gasteiger partial charge in [-0.05, 0) is 52.7 Å². The van der Waals surface area contributed by atoms with Crippen LogP contribution in [0.4, 0.5) is 0 Å². The molecule has 134 valence electrons. The van der Waals surface area contributed by atoms with Crippen LogP contribution in [0.25, 0.3) is 0 Å². The molecule has 6 heteroatoms. The smallest absolute Gasteiger partial charge is 0.222 e. The van der Waals surface area contributed by atoms with Gasteiger partial charge in [-0.15, -0.1) is 0 Å². The summed E-state index contributed by atoms with van der Waals surface area (Å²) in [6, 6.07) is 0.384. The number of amides is 1. The molecule has 4 heterocycles. The number of H-pyrrole nitrogens is 1. The topological polar surface area (TPSA) is 55.5 Å². The molecule has 0 saturated carbocycles. The third-order valence-corrected chi connectivity index (χ3v) is 5.41. The van der Waals surface area contributed by atoms with Gasteiger partial charge in [-0.3, -0.25) is 9.69 Å². The number of aromatic nitrogens is 2. The van der Waals surface area contributed by atoms with Crippen LogP contribution in [0.5, 0.6) is 0 Å². The van der Waals surface area contributed by atoms with Gasteiger partial charge in [0.2, 0.25) is 5.91 Å². The Hall–Kier alpha value is -1.40. The first-order chi connectivity index (χ1) is 11.5. The van der Waals surface area contributed by atoms with Crippen molar-refractivity contribution in [2.45, 2.75) is 45.2 Å². The highest BCUT2D eigenvalue weighted by molar-refractivity contribution is 5.76. The van der Waals surface area contributed by atoms with E-state index < -0.39 is 0 Å². The van der Waals surface area contributed by atoms with Crippen LogP contribution in [0, 0.1) is 12.8 Å². The number of carbonyl (C=O) groups is 1. The van der Waals surface area contributed by atoms with E-state index in [4.69, 9.17) is 0 Å². The number of piperidine rings is 1. The summed E-state index contributed by atoms with van der Waals surface area (Å²) >= 11 is 0. The molecule has 2 bridgehead atoms. The molecular formula is C18H31N5O. The summed E-state index contributed by atoms with van der Waals surface area (Å²) in [4.78, 5) is 27.1. The molecule has 0 aliphatic carbocycles. The summed E-state index contributed by atoms with van der Waals surface area (Å²) in [7, 11) is 4.13. The first kappa shape index (κ1) is 17.4. The van der Waals surface area contributed by atoms with Gasteiger partial charge >= 0.3 is 0 Å². The highest BCUT2D eigenvalue weighted by Crippen LogP contribution is 2.29. The van der Waals surface area contributed by atoms with Crippen LogP contribution in [-0.2, 0) is 11.3 Å². The van der Waals surface area contributed by atoms with Crippen LogP contribution in [0.1, 0.15) is 37.1 Å². The molecule has 0 spiro atoms. The van der Waals surface area contributed by atoms with E-state index in [0.717, 1.165) is 57.0 Å². The zero-order valence-corrected chi connectivity index (χ0v) is 15.3. The molecule has 6 nitrogen and oxygen atoms in total. The number of carbonyl (C=O) groups excluding carboxylic acids is 1. The van der Waals surface area contributed by atoms with Crippen molar-refractivity contribution in [1.82, 2.24) is 24.7 Å². The van der Waals surface area contributed by atoms with Crippen molar-refractivity contribution in [2.75, 3.05) is 40.3 Å². The van der Waals surface area contributed by atoms with Crippen LogP contribution in [-0.4, -0.2) is 76.9 Å². The summed E-state index contributed by atoms with van der Waals surface area (Å²) in [6.07, 6.45) is 5.82. The predicted molar refractivity (Wildman–Crippen MR) is 94.6 cm³/mol. The average Bonchev–Trinajstić information content (AvgIpc) is 2.75. The van der Waals surface area contributed by atoms with Gasteiger partial charge in [0, 0.05) is 44.3 Å². The van der Waals surface area contributed by atoms with Gasteiger partial charge in [-0.1, -0.05) is 0 Å². The quantitative estimate of drug-likeness (QED) is 0.857. The van der Waals surface area contributed by atoms with Crippen LogP contribution in [0.2, 0.25) is 0 Å². The number of hydrogen-bond acceptors (Lipinski definition) is 4. The monoisotopic (exact) mass is 333 g/mol. The van der Waals surface area contributed by atoms with Crippen molar-refractivity contribution < 1.29 is 4.79 Å². The number of rotatable bonds is 6. The van der Waals surface area contributed by atoms with Crippen molar-refractivity contribution in [3.8, 4) is 0 Å². The summed E-state index contributed by atoms with van der Waals surface area (Å²) in [5.41, 5.74) is 2.29. The van der Waals surface area contributed by atoms with E-state index in [-0.39, 0.29) is 0 Å². The third-order valence-electron chi connectivity index (χ3n) is 5.41. The summed E-state index contributed by atoms with van der Waals surface area (Å²) in [5, 5.41) is 0. The van der Waals surface area contributed by atoms with Gasteiger partial charge in [0.1, 0.15) is 0 Å². The standard InChI is InChI=1S/C18H31N5O/c1-14-17(20-13-19-14)12-22-9-15-6-7-16(11-22)23(10-15)18(24)5-4-8-21(2)3/h13,15-16H,4-12H2,1-3H3,(H,19,20). The third kappa shape index (κ3) is 4.16. The molecule has 2 unspecified atom stereocenters. The first-order valence-corrected chi connectivity index (χ1v) is 9.18. The fraction of sp³-hybridized carbons (Fsp3) is 0.778. The van der Waals surface area contributed by atoms with E-state index in [0.29, 0.717) is 24.3 Å². The van der Waals surface area contributed by atoms with Gasteiger partial charge in [0.15, 0.2) is 0 Å². The lowest BCUT2D eigenvalue weighted by molar-refractivity contribution is -0.135. The van der Waals surface area contributed by atoms with Crippen LogP contribution in [0.15, 0.2) is 6.33 Å². The minimum atomic E-state index is 0.351. The molecule has 0 radical (unpaired) electrons. The van der Waals surface area contributed by atoms with Crippen molar-refractivity contribution in [2.24, 2.45) is 5.92 Å². The highest BCUT2D eigenvalue weighted by Gasteiger charge is 2.36. The van der Waals surface area contributed by atoms with Crippen LogP contribution >= 0.6 is 0 Å². The SMILES string of the molecule is Cc1[nH]cnc1CN1CC2CCC(C1)N(C(=O)CCCN(C)C)C2. The molecule has 3 aliphatic heterocycles. The number of aromatic amines is 1. The minimum absolute atomic E-state index is 0.351. The van der Waals surface area contributed by atoms with Crippen molar-refractivity contribution in [3.63, 3.8) is 0 Å². The molecule has 24 heavy (non-hydrogen) atoms. The van der Waals surface area contributed by atoms with E-state index >= 15 is 0 Å². The second kappa shape index (κ2) is 7.66. The minimum Gasteiger partial charge on any atom is -0.348 e. The van der Waals surface area contributed by atoms with Gasteiger partial charge in [-0.2, -0.15) is 0 Å². The van der Waals surface area contributed by atoms with E-state index in [9.17, 15) is 4.79 Å². The molecular weight excluding hydrogens is 302 g/mol. The Labute approximate surface area is 145 Å². The lowest BCUT2D eigenvalue weighted by Crippen LogP contribution is -2.47. The maximum Gasteiger partial charge on any atom is 0.222 e. The second-order valence-corrected chi connectivity index (χ2v) is 7.72. The van der Waals surface area contributed by atoms with Crippen molar-refractivity contribution in [3.05, 3.63) is 17.7 Å². The molecule has 0 aromatic carbocycles. The van der Waals surface area contributed by atoms with E-state index in [2.05, 4.69) is 45.7 Å². The Bertz CT molecular complexity index is 555. The normalized spacial score (nSPS) is 24.6. The van der Waals surface area contributed by atoms with E-state index in [1.807, 2.05) is 0 Å². The fourth-order valence-corrected chi connectivity index (χ4v) is 4.06. The maximum atomic E-state index is 12.7. The Morgan fingerprint density at radius 1 is 1.33 bits per heavy atom. The average molecular weight is 333 g/mol. The van der Waals surface area contributed by atoms with E-state index in [1.165, 1.54) is 6.42 Å². The maximum absolute atomic E-state index is 12.7. The number of imidazole rings is 1. The molecule has 1 amide bonds.